The lowest BCUT2D eigenvalue weighted by Crippen LogP contribution is -2.16. The molecule has 9 rings (SSSR count). The van der Waals surface area contributed by atoms with Gasteiger partial charge in [0.15, 0.2) is 0 Å². The molecule has 3 aromatic heterocycles. The van der Waals surface area contributed by atoms with Gasteiger partial charge in [-0.1, -0.05) is 159 Å². The van der Waals surface area contributed by atoms with Crippen LogP contribution in [-0.4, -0.2) is 19.5 Å². The van der Waals surface area contributed by atoms with E-state index in [-0.39, 0.29) is 22.0 Å². The zero-order valence-electron chi connectivity index (χ0n) is 34.1. The predicted molar refractivity (Wildman–Crippen MR) is 237 cm³/mol. The van der Waals surface area contributed by atoms with Crippen LogP contribution < -0.4 is 0 Å². The smallest absolute Gasteiger partial charge is 0.137 e. The van der Waals surface area contributed by atoms with E-state index >= 15 is 0 Å². The van der Waals surface area contributed by atoms with Crippen LogP contribution in [0.5, 0.6) is 5.75 Å². The monoisotopic (exact) mass is 743 g/mol. The van der Waals surface area contributed by atoms with Crippen LogP contribution in [0.3, 0.4) is 0 Å². The Morgan fingerprint density at radius 3 is 1.86 bits per heavy atom. The molecule has 282 valence electrons. The van der Waals surface area contributed by atoms with Gasteiger partial charge < -0.3 is 5.11 Å². The Bertz CT molecular complexity index is 2810. The van der Waals surface area contributed by atoms with Crippen LogP contribution in [-0.2, 0) is 16.2 Å². The van der Waals surface area contributed by atoms with Crippen LogP contribution in [0.25, 0.3) is 72.9 Å². The summed E-state index contributed by atoms with van der Waals surface area (Å²) in [7, 11) is 0. The van der Waals surface area contributed by atoms with Gasteiger partial charge >= 0.3 is 0 Å². The number of aromatic nitrogens is 3. The van der Waals surface area contributed by atoms with E-state index in [1.807, 2.05) is 24.3 Å². The summed E-state index contributed by atoms with van der Waals surface area (Å²) in [6, 6.07) is 49.3. The molecule has 8 aromatic rings. The van der Waals surface area contributed by atoms with Crippen molar-refractivity contribution in [2.75, 3.05) is 0 Å². The average molecular weight is 744 g/mol. The molecule has 57 heavy (non-hydrogen) atoms. The largest absolute Gasteiger partial charge is 0.507 e. The Balaban J connectivity index is 1.27. The molecule has 0 unspecified atom stereocenters. The van der Waals surface area contributed by atoms with Crippen LogP contribution in [0.2, 0.25) is 0 Å². The van der Waals surface area contributed by atoms with Crippen molar-refractivity contribution in [3.63, 3.8) is 0 Å². The minimum atomic E-state index is -0.367. The number of aromatic hydroxyl groups is 1. The van der Waals surface area contributed by atoms with Crippen LogP contribution in [0, 0.1) is 0 Å². The first-order valence-corrected chi connectivity index (χ1v) is 20.0. The molecule has 0 atom stereocenters. The molecule has 5 aromatic carbocycles. The van der Waals surface area contributed by atoms with E-state index in [4.69, 9.17) is 9.97 Å². The first-order chi connectivity index (χ1) is 27.2. The summed E-state index contributed by atoms with van der Waals surface area (Å²) in [6.07, 6.45) is 2.08. The summed E-state index contributed by atoms with van der Waals surface area (Å²) in [4.78, 5) is 10.6. The Hall–Kier alpha value is -6.26. The van der Waals surface area contributed by atoms with E-state index in [0.717, 1.165) is 72.9 Å². The molecule has 0 saturated carbocycles. The lowest BCUT2D eigenvalue weighted by Gasteiger charge is -2.26. The van der Waals surface area contributed by atoms with Crippen molar-refractivity contribution < 1.29 is 5.11 Å². The van der Waals surface area contributed by atoms with Gasteiger partial charge in [-0.25, -0.2) is 9.97 Å². The molecule has 0 aliphatic heterocycles. The maximum atomic E-state index is 12.3. The van der Waals surface area contributed by atoms with Crippen molar-refractivity contribution in [3.05, 3.63) is 168 Å². The lowest BCUT2D eigenvalue weighted by atomic mass is 9.78. The van der Waals surface area contributed by atoms with E-state index in [1.165, 1.54) is 22.3 Å². The Kier molecular flexibility index (Phi) is 8.40. The highest BCUT2D eigenvalue weighted by molar-refractivity contribution is 5.89. The number of nitrogens with zero attached hydrogens (tertiary/aromatic N) is 3. The van der Waals surface area contributed by atoms with Crippen LogP contribution >= 0.6 is 0 Å². The summed E-state index contributed by atoms with van der Waals surface area (Å²) in [6.45, 7) is 18.1. The fourth-order valence-corrected chi connectivity index (χ4v) is 8.59. The van der Waals surface area contributed by atoms with E-state index in [9.17, 15) is 5.11 Å². The summed E-state index contributed by atoms with van der Waals surface area (Å²) >= 11 is 0. The molecule has 4 nitrogen and oxygen atoms in total. The van der Waals surface area contributed by atoms with Crippen molar-refractivity contribution in [3.8, 4) is 73.0 Å². The SMILES string of the molecule is CC(C)(C)c1cc(-c2cc(-c3cccc(-c4nc5ccccn5c4-c4ccccc4)c3)nc(-c3ccc4c(c3O)C(C)(C)c3ccccc3-4)c2)cc(C(C)(C)C)c1. The minimum Gasteiger partial charge on any atom is -0.507 e. The summed E-state index contributed by atoms with van der Waals surface area (Å²) in [5, 5.41) is 12.3. The first kappa shape index (κ1) is 36.4. The number of phenolic OH excluding ortho intramolecular Hbond substituents is 1. The van der Waals surface area contributed by atoms with E-state index in [1.54, 1.807) is 0 Å². The molecule has 0 saturated heterocycles. The molecule has 0 bridgehead atoms. The van der Waals surface area contributed by atoms with Gasteiger partial charge in [0, 0.05) is 39.4 Å². The van der Waals surface area contributed by atoms with Gasteiger partial charge in [-0.05, 0) is 86.2 Å². The van der Waals surface area contributed by atoms with Gasteiger partial charge in [0.2, 0.25) is 0 Å². The third kappa shape index (κ3) is 6.24. The number of pyridine rings is 2. The minimum absolute atomic E-state index is 0.0492. The van der Waals surface area contributed by atoms with Gasteiger partial charge in [-0.2, -0.15) is 0 Å². The van der Waals surface area contributed by atoms with Gasteiger partial charge in [0.25, 0.3) is 0 Å². The third-order valence-corrected chi connectivity index (χ3v) is 11.8. The Labute approximate surface area is 336 Å². The number of imidazole rings is 1. The first-order valence-electron chi connectivity index (χ1n) is 20.0. The second-order valence-corrected chi connectivity index (χ2v) is 18.2. The highest BCUT2D eigenvalue weighted by Gasteiger charge is 2.38. The molecule has 0 fully saturated rings. The fourth-order valence-electron chi connectivity index (χ4n) is 8.59. The molecule has 0 spiro atoms. The number of benzene rings is 5. The maximum absolute atomic E-state index is 12.3. The summed E-state index contributed by atoms with van der Waals surface area (Å²) < 4.78 is 2.17. The standard InChI is InChI=1S/C53H49N3O/c1-51(2,3)38-28-36(29-39(32-38)52(4,5)6)37-30-44(54-45(31-37)42-25-24-41-40-21-12-13-22-43(40)53(7,8)47(41)50(42)57)34-19-16-20-35(27-34)48-49(33-17-10-9-11-18-33)56-26-15-14-23-46(56)55-48/h9-32,57H,1-8H3. The van der Waals surface area contributed by atoms with E-state index < -0.39 is 0 Å². The van der Waals surface area contributed by atoms with E-state index in [0.29, 0.717) is 0 Å². The van der Waals surface area contributed by atoms with Gasteiger partial charge in [-0.15, -0.1) is 0 Å². The van der Waals surface area contributed by atoms with Gasteiger partial charge in [0.05, 0.1) is 22.8 Å². The summed E-state index contributed by atoms with van der Waals surface area (Å²) in [5.74, 6) is 0.286. The van der Waals surface area contributed by atoms with Crippen molar-refractivity contribution in [2.24, 2.45) is 0 Å². The molecule has 1 aliphatic rings. The molecular weight excluding hydrogens is 695 g/mol. The normalized spacial score (nSPS) is 13.5. The maximum Gasteiger partial charge on any atom is 0.137 e. The van der Waals surface area contributed by atoms with Crippen molar-refractivity contribution >= 4 is 5.65 Å². The van der Waals surface area contributed by atoms with E-state index in [2.05, 4.69) is 181 Å². The quantitative estimate of drug-likeness (QED) is 0.191. The second-order valence-electron chi connectivity index (χ2n) is 18.2. The average Bonchev–Trinajstić information content (AvgIpc) is 3.70. The number of rotatable bonds is 5. The van der Waals surface area contributed by atoms with Crippen molar-refractivity contribution in [1.29, 1.82) is 0 Å². The Morgan fingerprint density at radius 1 is 0.509 bits per heavy atom. The molecule has 1 N–H and O–H groups in total. The summed E-state index contributed by atoms with van der Waals surface area (Å²) in [5.41, 5.74) is 16.9. The van der Waals surface area contributed by atoms with Gasteiger partial charge in [-0.3, -0.25) is 4.40 Å². The predicted octanol–water partition coefficient (Wildman–Crippen LogP) is 13.7. The Morgan fingerprint density at radius 2 is 1.12 bits per heavy atom. The highest BCUT2D eigenvalue weighted by atomic mass is 16.3. The molecule has 0 radical (unpaired) electrons. The zero-order valence-corrected chi connectivity index (χ0v) is 34.1. The molecule has 1 aliphatic carbocycles. The number of hydrogen-bond acceptors (Lipinski definition) is 3. The van der Waals surface area contributed by atoms with Crippen molar-refractivity contribution in [1.82, 2.24) is 14.4 Å². The second kappa shape index (κ2) is 13.2. The molecule has 0 amide bonds. The van der Waals surface area contributed by atoms with Crippen LogP contribution in [0.4, 0.5) is 0 Å². The molecule has 3 heterocycles. The van der Waals surface area contributed by atoms with Gasteiger partial charge in [0.1, 0.15) is 11.4 Å². The lowest BCUT2D eigenvalue weighted by molar-refractivity contribution is 0.458. The number of hydrogen-bond donors (Lipinski definition) is 1. The molecule has 4 heteroatoms. The number of fused-ring (bicyclic) bond motifs is 4. The fraction of sp³-hybridized carbons (Fsp3) is 0.208. The zero-order chi connectivity index (χ0) is 39.9. The van der Waals surface area contributed by atoms with Crippen molar-refractivity contribution in [2.45, 2.75) is 71.6 Å². The van der Waals surface area contributed by atoms with Crippen LogP contribution in [0.15, 0.2) is 146 Å². The van der Waals surface area contributed by atoms with Crippen LogP contribution in [0.1, 0.15) is 77.6 Å². The number of phenols is 1. The highest BCUT2D eigenvalue weighted by Crippen LogP contribution is 2.54. The molecular formula is C53H49N3O. The third-order valence-electron chi connectivity index (χ3n) is 11.8. The topological polar surface area (TPSA) is 50.4 Å².